The molecule has 1 fully saturated rings. The van der Waals surface area contributed by atoms with E-state index in [4.69, 9.17) is 9.47 Å². The number of nitrogens with one attached hydrogen (secondary N) is 2. The van der Waals surface area contributed by atoms with Gasteiger partial charge < -0.3 is 25.0 Å². The largest absolute Gasteiger partial charge is 0.490 e. The molecule has 2 aliphatic rings. The number of nitrogens with zero attached hydrogens (tertiary/aromatic N) is 2. The predicted molar refractivity (Wildman–Crippen MR) is 121 cm³/mol. The molecule has 2 N–H and O–H groups in total. The van der Waals surface area contributed by atoms with E-state index in [2.05, 4.69) is 26.6 Å². The van der Waals surface area contributed by atoms with Gasteiger partial charge in [0.05, 0.1) is 13.2 Å². The molecule has 0 unspecified atom stereocenters. The summed E-state index contributed by atoms with van der Waals surface area (Å²) in [6, 6.07) is 6.01. The minimum atomic E-state index is 0. The first-order valence-electron chi connectivity index (χ1n) is 9.75. The maximum Gasteiger partial charge on any atom is 0.220 e. The summed E-state index contributed by atoms with van der Waals surface area (Å²) in [6.45, 7) is 3.83. The minimum absolute atomic E-state index is 0. The quantitative estimate of drug-likeness (QED) is 0.376. The maximum atomic E-state index is 11.6. The van der Waals surface area contributed by atoms with Crippen LogP contribution in [0.1, 0.15) is 31.2 Å². The van der Waals surface area contributed by atoms with Crippen LogP contribution in [0.3, 0.4) is 0 Å². The topological polar surface area (TPSA) is 75.2 Å². The first-order valence-corrected chi connectivity index (χ1v) is 9.75. The third-order valence-corrected chi connectivity index (χ3v) is 5.17. The molecule has 0 spiro atoms. The first-order chi connectivity index (χ1) is 13.2. The molecule has 2 aliphatic heterocycles. The van der Waals surface area contributed by atoms with Crippen molar-refractivity contribution in [3.63, 3.8) is 0 Å². The number of fused-ring (bicyclic) bond motifs is 1. The highest BCUT2D eigenvalue weighted by atomic mass is 127. The van der Waals surface area contributed by atoms with Gasteiger partial charge in [0.15, 0.2) is 17.5 Å². The van der Waals surface area contributed by atoms with Gasteiger partial charge in [0.2, 0.25) is 5.91 Å². The number of piperidine rings is 1. The van der Waals surface area contributed by atoms with Crippen molar-refractivity contribution in [1.29, 1.82) is 0 Å². The molecule has 1 amide bonds. The Morgan fingerprint density at radius 1 is 1.25 bits per heavy atom. The lowest BCUT2D eigenvalue weighted by Crippen LogP contribution is -2.45. The zero-order valence-electron chi connectivity index (χ0n) is 16.7. The molecule has 1 aromatic rings. The number of carbonyl (C=O) groups is 1. The third kappa shape index (κ3) is 5.89. The molecule has 0 bridgehead atoms. The second-order valence-corrected chi connectivity index (χ2v) is 7.00. The van der Waals surface area contributed by atoms with Crippen molar-refractivity contribution in [2.24, 2.45) is 10.9 Å². The summed E-state index contributed by atoms with van der Waals surface area (Å²) in [7, 11) is 3.51. The standard InChI is InChI=1S/C20H30N4O3.HI/c1-21-18(25)13-15-7-9-24(10-8-15)20(22-2)23-14-16-5-3-6-17-19(16)27-12-4-11-26-17;/h3,5-6,15H,4,7-14H2,1-2H3,(H,21,25)(H,22,23);1H. The molecule has 28 heavy (non-hydrogen) atoms. The summed E-state index contributed by atoms with van der Waals surface area (Å²) in [5, 5.41) is 6.17. The van der Waals surface area contributed by atoms with Gasteiger partial charge in [-0.05, 0) is 24.8 Å². The molecular weight excluding hydrogens is 471 g/mol. The van der Waals surface area contributed by atoms with Crippen molar-refractivity contribution >= 4 is 35.8 Å². The Morgan fingerprint density at radius 2 is 2.00 bits per heavy atom. The molecule has 1 saturated heterocycles. The number of carbonyl (C=O) groups excluding carboxylic acids is 1. The number of benzene rings is 1. The van der Waals surface area contributed by atoms with Gasteiger partial charge in [0.25, 0.3) is 0 Å². The Balaban J connectivity index is 0.00000280. The van der Waals surface area contributed by atoms with Crippen LogP contribution in [0.2, 0.25) is 0 Å². The molecule has 0 aromatic heterocycles. The van der Waals surface area contributed by atoms with Gasteiger partial charge in [0.1, 0.15) is 0 Å². The molecule has 3 rings (SSSR count). The average molecular weight is 502 g/mol. The van der Waals surface area contributed by atoms with Crippen LogP contribution in [0.5, 0.6) is 11.5 Å². The van der Waals surface area contributed by atoms with Gasteiger partial charge in [-0.15, -0.1) is 24.0 Å². The van der Waals surface area contributed by atoms with Crippen molar-refractivity contribution in [2.75, 3.05) is 40.4 Å². The molecule has 0 saturated carbocycles. The lowest BCUT2D eigenvalue weighted by atomic mass is 9.93. The minimum Gasteiger partial charge on any atom is -0.490 e. The number of rotatable bonds is 4. The summed E-state index contributed by atoms with van der Waals surface area (Å²) in [5.74, 6) is 3.12. The molecule has 0 aliphatic carbocycles. The molecule has 2 heterocycles. The van der Waals surface area contributed by atoms with E-state index >= 15 is 0 Å². The van der Waals surface area contributed by atoms with E-state index in [9.17, 15) is 4.79 Å². The van der Waals surface area contributed by atoms with Gasteiger partial charge in [-0.2, -0.15) is 0 Å². The highest BCUT2D eigenvalue weighted by Gasteiger charge is 2.23. The lowest BCUT2D eigenvalue weighted by molar-refractivity contribution is -0.121. The fourth-order valence-electron chi connectivity index (χ4n) is 3.61. The van der Waals surface area contributed by atoms with Gasteiger partial charge in [-0.1, -0.05) is 12.1 Å². The van der Waals surface area contributed by atoms with E-state index in [0.717, 1.165) is 55.4 Å². The number of amides is 1. The Hall–Kier alpha value is -1.71. The highest BCUT2D eigenvalue weighted by Crippen LogP contribution is 2.33. The summed E-state index contributed by atoms with van der Waals surface area (Å²) in [6.07, 6.45) is 3.52. The predicted octanol–water partition coefficient (Wildman–Crippen LogP) is 2.39. The van der Waals surface area contributed by atoms with Gasteiger partial charge in [-0.3, -0.25) is 9.79 Å². The monoisotopic (exact) mass is 502 g/mol. The Bertz CT molecular complexity index is 675. The van der Waals surface area contributed by atoms with E-state index in [0.29, 0.717) is 32.1 Å². The SMILES string of the molecule is CN=C(NCc1cccc2c1OCCCO2)N1CCC(CC(=O)NC)CC1.I. The number of guanidine groups is 1. The van der Waals surface area contributed by atoms with Gasteiger partial charge in [0, 0.05) is 52.1 Å². The third-order valence-electron chi connectivity index (χ3n) is 5.17. The fourth-order valence-corrected chi connectivity index (χ4v) is 3.61. The number of hydrogen-bond acceptors (Lipinski definition) is 4. The van der Waals surface area contributed by atoms with Crippen LogP contribution in [-0.2, 0) is 11.3 Å². The number of para-hydroxylation sites is 1. The number of aliphatic imine (C=N–C) groups is 1. The van der Waals surface area contributed by atoms with E-state index in [1.54, 1.807) is 7.05 Å². The first kappa shape index (κ1) is 22.6. The number of hydrogen-bond donors (Lipinski definition) is 2. The Morgan fingerprint density at radius 3 is 2.71 bits per heavy atom. The Kier molecular flexibility index (Phi) is 9.14. The lowest BCUT2D eigenvalue weighted by Gasteiger charge is -2.34. The normalized spacial score (nSPS) is 17.4. The van der Waals surface area contributed by atoms with Crippen molar-refractivity contribution in [1.82, 2.24) is 15.5 Å². The van der Waals surface area contributed by atoms with Gasteiger partial charge >= 0.3 is 0 Å². The van der Waals surface area contributed by atoms with Crippen LogP contribution < -0.4 is 20.1 Å². The highest BCUT2D eigenvalue weighted by molar-refractivity contribution is 14.0. The molecular formula is C20H31IN4O3. The maximum absolute atomic E-state index is 11.6. The summed E-state index contributed by atoms with van der Waals surface area (Å²) in [5.41, 5.74) is 1.07. The summed E-state index contributed by atoms with van der Waals surface area (Å²) < 4.78 is 11.7. The van der Waals surface area contributed by atoms with Crippen LogP contribution in [0.4, 0.5) is 0 Å². The fraction of sp³-hybridized carbons (Fsp3) is 0.600. The van der Waals surface area contributed by atoms with Crippen molar-refractivity contribution in [3.8, 4) is 11.5 Å². The summed E-state index contributed by atoms with van der Waals surface area (Å²) >= 11 is 0. The number of likely N-dealkylation sites (tertiary alicyclic amines) is 1. The van der Waals surface area contributed by atoms with Crippen LogP contribution in [0.25, 0.3) is 0 Å². The summed E-state index contributed by atoms with van der Waals surface area (Å²) in [4.78, 5) is 18.3. The number of ether oxygens (including phenoxy) is 2. The van der Waals surface area contributed by atoms with E-state index < -0.39 is 0 Å². The van der Waals surface area contributed by atoms with Crippen LogP contribution in [0, 0.1) is 5.92 Å². The van der Waals surface area contributed by atoms with Crippen LogP contribution in [-0.4, -0.2) is 57.2 Å². The Labute approximate surface area is 184 Å². The van der Waals surface area contributed by atoms with E-state index in [-0.39, 0.29) is 29.9 Å². The number of halogens is 1. The zero-order valence-corrected chi connectivity index (χ0v) is 19.0. The smallest absolute Gasteiger partial charge is 0.220 e. The van der Waals surface area contributed by atoms with Crippen molar-refractivity contribution in [2.45, 2.75) is 32.2 Å². The zero-order chi connectivity index (χ0) is 19.1. The molecule has 0 atom stereocenters. The molecule has 1 aromatic carbocycles. The van der Waals surface area contributed by atoms with E-state index in [1.807, 2.05) is 19.2 Å². The van der Waals surface area contributed by atoms with Crippen LogP contribution >= 0.6 is 24.0 Å². The second kappa shape index (κ2) is 11.3. The van der Waals surface area contributed by atoms with Crippen molar-refractivity contribution < 1.29 is 14.3 Å². The molecule has 156 valence electrons. The molecule has 7 nitrogen and oxygen atoms in total. The average Bonchev–Trinajstić information content (AvgIpc) is 2.95. The van der Waals surface area contributed by atoms with E-state index in [1.165, 1.54) is 0 Å². The van der Waals surface area contributed by atoms with Gasteiger partial charge in [-0.25, -0.2) is 0 Å². The molecule has 8 heteroatoms. The van der Waals surface area contributed by atoms with Crippen LogP contribution in [0.15, 0.2) is 23.2 Å². The second-order valence-electron chi connectivity index (χ2n) is 7.00. The van der Waals surface area contributed by atoms with Crippen molar-refractivity contribution in [3.05, 3.63) is 23.8 Å². The molecule has 0 radical (unpaired) electrons.